The number of amides is 1. The molecule has 4 heterocycles. The molecule has 4 aliphatic rings. The maximum atomic E-state index is 14.3. The number of rotatable bonds is 25. The van der Waals surface area contributed by atoms with E-state index in [0.717, 1.165) is 85.8 Å². The van der Waals surface area contributed by atoms with Gasteiger partial charge in [0.1, 0.15) is 6.10 Å². The molecule has 2 bridgehead atoms. The largest absolute Gasteiger partial charge is 0.457 e. The Morgan fingerprint density at radius 3 is 2.06 bits per heavy atom. The van der Waals surface area contributed by atoms with Crippen molar-refractivity contribution in [2.45, 2.75) is 264 Å². The first-order valence-corrected chi connectivity index (χ1v) is 35.1. The highest BCUT2D eigenvalue weighted by Crippen LogP contribution is 2.43. The number of fused-ring (bicyclic) bond motifs is 2. The van der Waals surface area contributed by atoms with Crippen LogP contribution in [0, 0.1) is 11.8 Å². The maximum absolute atomic E-state index is 14.3. The van der Waals surface area contributed by atoms with E-state index < -0.39 is 66.5 Å². The zero-order chi connectivity index (χ0) is 51.4. The van der Waals surface area contributed by atoms with Crippen LogP contribution in [0.3, 0.4) is 0 Å². The third-order valence-corrected chi connectivity index (χ3v) is 31.4. The molecule has 4 aliphatic heterocycles. The predicted molar refractivity (Wildman–Crippen MR) is 286 cm³/mol. The molecule has 2 unspecified atom stereocenters. The van der Waals surface area contributed by atoms with Crippen LogP contribution < -0.4 is 5.32 Å². The van der Waals surface area contributed by atoms with Crippen LogP contribution in [0.2, 0.25) is 54.4 Å². The van der Waals surface area contributed by atoms with Crippen LogP contribution in [-0.2, 0) is 41.8 Å². The number of nitrogens with zero attached hydrogens (tertiary/aromatic N) is 1. The van der Waals surface area contributed by atoms with Crippen LogP contribution in [0.25, 0.3) is 0 Å². The molecule has 0 radical (unpaired) electrons. The number of likely N-dealkylation sites (tertiary alicyclic amines) is 1. The molecule has 0 aliphatic carbocycles. The molecule has 4 rings (SSSR count). The summed E-state index contributed by atoms with van der Waals surface area (Å²) in [6.07, 6.45) is 11.4. The van der Waals surface area contributed by atoms with Crippen LogP contribution in [0.1, 0.15) is 149 Å². The van der Waals surface area contributed by atoms with E-state index in [0.29, 0.717) is 19.4 Å². The number of ether oxygens (including phenoxy) is 4. The molecular formula is C54H98N2O10Si3. The van der Waals surface area contributed by atoms with Crippen LogP contribution in [0.15, 0.2) is 36.0 Å². The molecule has 1 amide bonds. The Bertz CT molecular complexity index is 1730. The molecule has 69 heavy (non-hydrogen) atoms. The molecule has 0 aromatic carbocycles. The Hall–Kier alpha value is -2.12. The lowest BCUT2D eigenvalue weighted by atomic mass is 9.88. The lowest BCUT2D eigenvalue weighted by molar-refractivity contribution is -0.158. The number of hydrogen-bond donors (Lipinski definition) is 1. The minimum absolute atomic E-state index is 0.0572. The summed E-state index contributed by atoms with van der Waals surface area (Å²) in [5.41, 5.74) is -0.963. The lowest BCUT2D eigenvalue weighted by Crippen LogP contribution is -2.52. The number of allylic oxidation sites excluding steroid dienone is 2. The smallest absolute Gasteiger partial charge is 0.410 e. The number of epoxide rings is 1. The van der Waals surface area contributed by atoms with Gasteiger partial charge in [0.2, 0.25) is 0 Å². The standard InChI is InChI=1S/C54H98N2O10Si3/c1-17-46(65-68(21-5,22-6)23-7)41(13)51-47(61-51)36-53(15,66-69(24-8,25-9)26-10)32-27-28-39(11)50-40(12)29-30-48(60-42(14)57)54(16,63-52(59)56-38-43-34-44(56)37-55-43)33-31-45(35-49(58)62-50)64-67(18-2,19-3)20-4/h27-30,32,40-41,43-48,50-51,55H,17-26,31,33-38H2,1-16H3/b30-29+,32-27+,39-28+/t40-,41+,43?,44?,45+,46-,47+,48+,50+,51+,53-,54+/m0/s1. The summed E-state index contributed by atoms with van der Waals surface area (Å²) in [6, 6.07) is 9.53. The van der Waals surface area contributed by atoms with Crippen molar-refractivity contribution in [2.75, 3.05) is 13.1 Å². The minimum Gasteiger partial charge on any atom is -0.457 e. The molecule has 15 heteroatoms. The van der Waals surface area contributed by atoms with E-state index in [1.807, 2.05) is 43.9 Å². The number of piperazine rings is 1. The molecule has 0 saturated carbocycles. The van der Waals surface area contributed by atoms with Crippen molar-refractivity contribution in [1.82, 2.24) is 10.2 Å². The summed E-state index contributed by atoms with van der Waals surface area (Å²) < 4.78 is 47.1. The highest BCUT2D eigenvalue weighted by atomic mass is 28.4. The van der Waals surface area contributed by atoms with Gasteiger partial charge in [-0.3, -0.25) is 9.59 Å². The number of carbonyl (C=O) groups is 3. The van der Waals surface area contributed by atoms with Gasteiger partial charge in [0.15, 0.2) is 36.7 Å². The fourth-order valence-electron chi connectivity index (χ4n) is 11.6. The van der Waals surface area contributed by atoms with Crippen LogP contribution in [0.5, 0.6) is 0 Å². The quantitative estimate of drug-likeness (QED) is 0.0234. The first-order valence-electron chi connectivity index (χ1n) is 27.5. The van der Waals surface area contributed by atoms with Gasteiger partial charge in [-0.15, -0.1) is 0 Å². The van der Waals surface area contributed by atoms with Gasteiger partial charge < -0.3 is 42.4 Å². The van der Waals surface area contributed by atoms with Gasteiger partial charge >= 0.3 is 18.0 Å². The van der Waals surface area contributed by atoms with E-state index in [1.54, 1.807) is 0 Å². The summed E-state index contributed by atoms with van der Waals surface area (Å²) in [5.74, 6) is -0.863. The molecule has 1 N–H and O–H groups in total. The average Bonchev–Trinajstić information content (AvgIpc) is 3.73. The monoisotopic (exact) mass is 1020 g/mol. The van der Waals surface area contributed by atoms with Crippen molar-refractivity contribution in [1.29, 1.82) is 0 Å². The van der Waals surface area contributed by atoms with E-state index in [-0.39, 0.29) is 54.6 Å². The van der Waals surface area contributed by atoms with Gasteiger partial charge in [0, 0.05) is 56.5 Å². The molecule has 12 nitrogen and oxygen atoms in total. The Morgan fingerprint density at radius 1 is 0.928 bits per heavy atom. The van der Waals surface area contributed by atoms with Crippen LogP contribution in [-0.4, -0.2) is 121 Å². The summed E-state index contributed by atoms with van der Waals surface area (Å²) in [7, 11) is -6.06. The predicted octanol–water partition coefficient (Wildman–Crippen LogP) is 12.4. The summed E-state index contributed by atoms with van der Waals surface area (Å²) in [6.45, 7) is 35.5. The fraction of sp³-hybridized carbons (Fsp3) is 0.833. The second kappa shape index (κ2) is 26.2. The second-order valence-corrected chi connectivity index (χ2v) is 35.8. The molecule has 0 aromatic rings. The number of hydrogen-bond acceptors (Lipinski definition) is 11. The van der Waals surface area contributed by atoms with E-state index in [1.165, 1.54) is 6.92 Å². The Morgan fingerprint density at radius 2 is 1.54 bits per heavy atom. The average molecular weight is 1020 g/mol. The van der Waals surface area contributed by atoms with Crippen molar-refractivity contribution in [2.24, 2.45) is 11.8 Å². The zero-order valence-corrected chi connectivity index (χ0v) is 49.2. The van der Waals surface area contributed by atoms with E-state index in [9.17, 15) is 14.4 Å². The van der Waals surface area contributed by atoms with Crippen molar-refractivity contribution < 1.29 is 46.6 Å². The van der Waals surface area contributed by atoms with Crippen LogP contribution in [0.4, 0.5) is 4.79 Å². The molecular weight excluding hydrogens is 921 g/mol. The minimum atomic E-state index is -2.20. The Balaban J connectivity index is 1.69. The van der Waals surface area contributed by atoms with Gasteiger partial charge in [-0.1, -0.05) is 107 Å². The second-order valence-electron chi connectivity index (χ2n) is 21.7. The van der Waals surface area contributed by atoms with Crippen molar-refractivity contribution >= 4 is 43.0 Å². The SMILES string of the molecule is CC[C@H](O[Si](CC)(CC)CC)[C@@H](C)[C@H]1O[C@@H]1C[C@](C)(/C=C/C=C(\C)[C@H]1OC(=O)C[C@H](O[Si](CC)(CC)CC)CC[C@@](C)(OC(=O)N2CC3CC2CN3)[C@H](OC(C)=O)/C=C/[C@@H]1C)O[Si](CC)(CC)CC. The van der Waals surface area contributed by atoms with Crippen molar-refractivity contribution in [3.63, 3.8) is 0 Å². The first kappa shape index (κ1) is 59.4. The third-order valence-electron chi connectivity index (χ3n) is 17.2. The van der Waals surface area contributed by atoms with Gasteiger partial charge in [-0.2, -0.15) is 0 Å². The normalized spacial score (nSPS) is 30.5. The first-order chi connectivity index (χ1) is 32.6. The van der Waals surface area contributed by atoms with Gasteiger partial charge in [-0.05, 0) is 113 Å². The lowest BCUT2D eigenvalue weighted by Gasteiger charge is -2.40. The topological polar surface area (TPSA) is 134 Å². The highest BCUT2D eigenvalue weighted by molar-refractivity contribution is 6.74. The van der Waals surface area contributed by atoms with Gasteiger partial charge in [-0.25, -0.2) is 4.79 Å². The summed E-state index contributed by atoms with van der Waals surface area (Å²) in [5, 5.41) is 3.46. The fourth-order valence-corrected chi connectivity index (χ4v) is 20.6. The number of cyclic esters (lactones) is 1. The van der Waals surface area contributed by atoms with E-state index >= 15 is 0 Å². The molecule has 3 saturated heterocycles. The number of nitrogens with one attached hydrogen (secondary N) is 1. The molecule has 0 aromatic heterocycles. The molecule has 0 spiro atoms. The summed E-state index contributed by atoms with van der Waals surface area (Å²) in [4.78, 5) is 42.9. The van der Waals surface area contributed by atoms with Gasteiger partial charge in [0.25, 0.3) is 0 Å². The molecule has 3 fully saturated rings. The van der Waals surface area contributed by atoms with Crippen molar-refractivity contribution in [3.05, 3.63) is 36.0 Å². The highest BCUT2D eigenvalue weighted by Gasteiger charge is 2.51. The van der Waals surface area contributed by atoms with Crippen LogP contribution >= 0.6 is 0 Å². The number of carbonyl (C=O) groups excluding carboxylic acids is 3. The Labute approximate surface area is 422 Å². The van der Waals surface area contributed by atoms with E-state index in [4.69, 9.17) is 32.2 Å². The third kappa shape index (κ3) is 15.5. The number of esters is 2. The van der Waals surface area contributed by atoms with Crippen molar-refractivity contribution in [3.8, 4) is 0 Å². The maximum Gasteiger partial charge on any atom is 0.410 e. The molecule has 12 atom stereocenters. The Kier molecular flexibility index (Phi) is 22.6. The summed E-state index contributed by atoms with van der Waals surface area (Å²) >= 11 is 0. The van der Waals surface area contributed by atoms with Gasteiger partial charge in [0.05, 0.1) is 30.3 Å². The molecule has 396 valence electrons. The van der Waals surface area contributed by atoms with E-state index in [2.05, 4.69) is 101 Å². The zero-order valence-electron chi connectivity index (χ0n) is 46.2.